The van der Waals surface area contributed by atoms with E-state index in [1.54, 1.807) is 30.6 Å². The normalized spacial score (nSPS) is 17.7. The number of nitrogens with two attached hydrogens (primary N) is 2. The second-order valence-corrected chi connectivity index (χ2v) is 6.19. The minimum absolute atomic E-state index is 0.131. The van der Waals surface area contributed by atoms with E-state index in [2.05, 4.69) is 20.6 Å². The Bertz CT molecular complexity index is 878. The van der Waals surface area contributed by atoms with Gasteiger partial charge in [0.15, 0.2) is 5.96 Å². The largest absolute Gasteiger partial charge is 0.370 e. The minimum Gasteiger partial charge on any atom is -0.370 e. The molecule has 1 aromatic heterocycles. The Morgan fingerprint density at radius 2 is 2.23 bits per heavy atom. The van der Waals surface area contributed by atoms with Crippen LogP contribution in [0.1, 0.15) is 33.7 Å². The van der Waals surface area contributed by atoms with Crippen LogP contribution in [-0.4, -0.2) is 23.4 Å². The zero-order valence-electron chi connectivity index (χ0n) is 13.7. The smallest absolute Gasteiger partial charge is 0.268 e. The molecule has 1 aromatic carbocycles. The van der Waals surface area contributed by atoms with E-state index in [1.807, 2.05) is 0 Å². The number of nitrogens with zero attached hydrogens (tertiary/aromatic N) is 1. The van der Waals surface area contributed by atoms with Crippen LogP contribution in [0, 0.1) is 5.82 Å². The number of halogens is 2. The van der Waals surface area contributed by atoms with Crippen molar-refractivity contribution in [2.24, 2.45) is 16.5 Å². The van der Waals surface area contributed by atoms with Gasteiger partial charge in [-0.1, -0.05) is 23.7 Å². The number of aromatic nitrogens is 1. The number of hydrogen-bond acceptors (Lipinski definition) is 5. The molecule has 9 heteroatoms. The Labute approximate surface area is 154 Å². The molecule has 7 nitrogen and oxygen atoms in total. The molecule has 1 aliphatic heterocycles. The van der Waals surface area contributed by atoms with E-state index < -0.39 is 12.1 Å². The summed E-state index contributed by atoms with van der Waals surface area (Å²) in [4.78, 5) is 19.6. The van der Waals surface area contributed by atoms with Gasteiger partial charge in [-0.25, -0.2) is 9.38 Å². The quantitative estimate of drug-likeness (QED) is 0.544. The number of aromatic amines is 1. The van der Waals surface area contributed by atoms with E-state index in [-0.39, 0.29) is 24.2 Å². The molecule has 2 heterocycles. The predicted molar refractivity (Wildman–Crippen MR) is 97.9 cm³/mol. The van der Waals surface area contributed by atoms with Gasteiger partial charge >= 0.3 is 0 Å². The molecule has 26 heavy (non-hydrogen) atoms. The fourth-order valence-corrected chi connectivity index (χ4v) is 2.86. The second kappa shape index (κ2) is 7.59. The van der Waals surface area contributed by atoms with Crippen molar-refractivity contribution in [1.82, 2.24) is 15.6 Å². The van der Waals surface area contributed by atoms with Gasteiger partial charge in [0.2, 0.25) is 0 Å². The van der Waals surface area contributed by atoms with Gasteiger partial charge in [-0.15, -0.1) is 0 Å². The highest BCUT2D eigenvalue weighted by Crippen LogP contribution is 2.30. The van der Waals surface area contributed by atoms with Gasteiger partial charge < -0.3 is 27.1 Å². The number of rotatable bonds is 5. The van der Waals surface area contributed by atoms with E-state index in [9.17, 15) is 9.18 Å². The third-order valence-electron chi connectivity index (χ3n) is 3.95. The van der Waals surface area contributed by atoms with E-state index in [0.717, 1.165) is 0 Å². The van der Waals surface area contributed by atoms with E-state index in [4.69, 9.17) is 23.1 Å². The summed E-state index contributed by atoms with van der Waals surface area (Å²) in [6.07, 6.45) is 3.19. The number of carbonyl (C=O) groups is 1. The number of guanidine groups is 1. The van der Waals surface area contributed by atoms with Crippen LogP contribution in [0.4, 0.5) is 4.39 Å². The summed E-state index contributed by atoms with van der Waals surface area (Å²) in [5, 5.41) is 5.95. The van der Waals surface area contributed by atoms with Crippen LogP contribution in [0.25, 0.3) is 0 Å². The maximum atomic E-state index is 13.4. The number of H-pyrrole nitrogens is 1. The standard InChI is InChI=1S/C17H18ClFN6O/c18-12-8-23-17(21)25-15(12)10-5-13(22-7-10)16(26)24-14(6-20)9-2-1-3-11(19)4-9/h1-5,7-8,14-15,22H,6,20H2,(H,24,26)(H3,21,23,25). The van der Waals surface area contributed by atoms with Gasteiger partial charge in [0, 0.05) is 24.5 Å². The molecule has 0 saturated carbocycles. The molecular formula is C17H18ClFN6O. The van der Waals surface area contributed by atoms with Crippen molar-refractivity contribution in [3.05, 3.63) is 70.4 Å². The number of benzene rings is 1. The van der Waals surface area contributed by atoms with Crippen molar-refractivity contribution in [3.63, 3.8) is 0 Å². The van der Waals surface area contributed by atoms with Crippen LogP contribution in [0.15, 0.2) is 52.8 Å². The lowest BCUT2D eigenvalue weighted by atomic mass is 10.1. The number of hydrogen-bond donors (Lipinski definition) is 5. The molecular weight excluding hydrogens is 359 g/mol. The predicted octanol–water partition coefficient (Wildman–Crippen LogP) is 1.62. The summed E-state index contributed by atoms with van der Waals surface area (Å²) in [5.74, 6) is -0.525. The first-order chi connectivity index (χ1) is 12.5. The van der Waals surface area contributed by atoms with E-state index >= 15 is 0 Å². The van der Waals surface area contributed by atoms with Crippen LogP contribution < -0.4 is 22.1 Å². The van der Waals surface area contributed by atoms with Crippen LogP contribution >= 0.6 is 11.6 Å². The first-order valence-corrected chi connectivity index (χ1v) is 8.26. The van der Waals surface area contributed by atoms with Crippen LogP contribution in [-0.2, 0) is 0 Å². The molecule has 0 radical (unpaired) electrons. The molecule has 136 valence electrons. The molecule has 0 spiro atoms. The molecule has 1 aliphatic rings. The molecule has 2 atom stereocenters. The lowest BCUT2D eigenvalue weighted by Gasteiger charge is -2.17. The molecule has 1 amide bonds. The van der Waals surface area contributed by atoms with Crippen molar-refractivity contribution in [3.8, 4) is 0 Å². The van der Waals surface area contributed by atoms with Gasteiger partial charge in [-0.3, -0.25) is 4.79 Å². The zero-order valence-corrected chi connectivity index (χ0v) is 14.4. The maximum Gasteiger partial charge on any atom is 0.268 e. The highest BCUT2D eigenvalue weighted by molar-refractivity contribution is 6.30. The van der Waals surface area contributed by atoms with E-state index in [0.29, 0.717) is 21.9 Å². The Morgan fingerprint density at radius 1 is 1.42 bits per heavy atom. The Kier molecular flexibility index (Phi) is 5.24. The Morgan fingerprint density at radius 3 is 2.96 bits per heavy atom. The lowest BCUT2D eigenvalue weighted by molar-refractivity contribution is 0.0933. The van der Waals surface area contributed by atoms with E-state index in [1.165, 1.54) is 12.1 Å². The molecule has 3 rings (SSSR count). The maximum absolute atomic E-state index is 13.4. The number of carbonyl (C=O) groups excluding carboxylic acids is 1. The van der Waals surface area contributed by atoms with Crippen LogP contribution in [0.3, 0.4) is 0 Å². The fourth-order valence-electron chi connectivity index (χ4n) is 2.63. The number of amides is 1. The topological polar surface area (TPSA) is 121 Å². The molecule has 2 unspecified atom stereocenters. The van der Waals surface area contributed by atoms with Crippen LogP contribution in [0.2, 0.25) is 0 Å². The fraction of sp³-hybridized carbons (Fsp3) is 0.176. The molecule has 0 fully saturated rings. The highest BCUT2D eigenvalue weighted by Gasteiger charge is 2.22. The van der Waals surface area contributed by atoms with Crippen molar-refractivity contribution >= 4 is 23.5 Å². The summed E-state index contributed by atoms with van der Waals surface area (Å²) in [5.41, 5.74) is 13.0. The van der Waals surface area contributed by atoms with Gasteiger partial charge in [0.05, 0.1) is 11.1 Å². The van der Waals surface area contributed by atoms with Crippen molar-refractivity contribution in [1.29, 1.82) is 0 Å². The van der Waals surface area contributed by atoms with Crippen molar-refractivity contribution in [2.75, 3.05) is 6.54 Å². The Hall–Kier alpha value is -2.84. The first kappa shape index (κ1) is 18.0. The highest BCUT2D eigenvalue weighted by atomic mass is 35.5. The third-order valence-corrected chi connectivity index (χ3v) is 4.26. The van der Waals surface area contributed by atoms with Crippen molar-refractivity contribution in [2.45, 2.75) is 12.1 Å². The second-order valence-electron chi connectivity index (χ2n) is 5.75. The van der Waals surface area contributed by atoms with Crippen molar-refractivity contribution < 1.29 is 9.18 Å². The number of nitrogens with one attached hydrogen (secondary N) is 3. The number of aliphatic imine (C=N–C) groups is 1. The molecule has 0 bridgehead atoms. The monoisotopic (exact) mass is 376 g/mol. The van der Waals surface area contributed by atoms with Gasteiger partial charge in [0.1, 0.15) is 17.6 Å². The SMILES string of the molecule is NCC(NC(=O)c1cc(C2N=C(N)NC=C2Cl)c[nH]1)c1cccc(F)c1. The third kappa shape index (κ3) is 3.87. The zero-order chi connectivity index (χ0) is 18.7. The summed E-state index contributed by atoms with van der Waals surface area (Å²) >= 11 is 6.14. The van der Waals surface area contributed by atoms with Gasteiger partial charge in [-0.2, -0.15) is 0 Å². The molecule has 7 N–H and O–H groups in total. The molecule has 0 saturated heterocycles. The molecule has 2 aromatic rings. The summed E-state index contributed by atoms with van der Waals surface area (Å²) in [6.45, 7) is 0.131. The van der Waals surface area contributed by atoms with Crippen LogP contribution in [0.5, 0.6) is 0 Å². The minimum atomic E-state index is -0.513. The molecule has 0 aliphatic carbocycles. The van der Waals surface area contributed by atoms with Gasteiger partial charge in [0.25, 0.3) is 5.91 Å². The summed E-state index contributed by atoms with van der Waals surface area (Å²) in [7, 11) is 0. The average molecular weight is 377 g/mol. The lowest BCUT2D eigenvalue weighted by Crippen LogP contribution is -2.33. The Balaban J connectivity index is 1.75. The summed E-state index contributed by atoms with van der Waals surface area (Å²) < 4.78 is 13.4. The average Bonchev–Trinajstić information content (AvgIpc) is 3.11. The van der Waals surface area contributed by atoms with Gasteiger partial charge in [-0.05, 0) is 23.8 Å². The first-order valence-electron chi connectivity index (χ1n) is 7.88. The summed E-state index contributed by atoms with van der Waals surface area (Å²) in [6, 6.07) is 6.59.